The predicted molar refractivity (Wildman–Crippen MR) is 73.6 cm³/mol. The quantitative estimate of drug-likeness (QED) is 0.795. The van der Waals surface area contributed by atoms with Crippen molar-refractivity contribution in [1.82, 2.24) is 4.57 Å². The van der Waals surface area contributed by atoms with E-state index in [-0.39, 0.29) is 11.1 Å². The number of hydrogen-bond donors (Lipinski definition) is 0. The predicted octanol–water partition coefficient (Wildman–Crippen LogP) is 2.84. The Hall–Kier alpha value is -1.26. The summed E-state index contributed by atoms with van der Waals surface area (Å²) in [5, 5.41) is -0.102. The SMILES string of the molecule is Cn1c(=O)oc2cc(C(Cl)C3CCCOC3)ccc21. The summed E-state index contributed by atoms with van der Waals surface area (Å²) in [4.78, 5) is 11.5. The van der Waals surface area contributed by atoms with E-state index >= 15 is 0 Å². The topological polar surface area (TPSA) is 44.4 Å². The van der Waals surface area contributed by atoms with Gasteiger partial charge in [-0.15, -0.1) is 11.6 Å². The molecule has 1 saturated heterocycles. The number of rotatable bonds is 2. The van der Waals surface area contributed by atoms with Crippen molar-refractivity contribution >= 4 is 22.7 Å². The molecule has 1 aromatic carbocycles. The molecule has 0 aliphatic carbocycles. The molecule has 2 atom stereocenters. The Morgan fingerprint density at radius 3 is 3.05 bits per heavy atom. The first kappa shape index (κ1) is 12.8. The molecule has 0 bridgehead atoms. The number of oxazole rings is 1. The molecule has 2 unspecified atom stereocenters. The number of benzene rings is 1. The summed E-state index contributed by atoms with van der Waals surface area (Å²) >= 11 is 6.53. The van der Waals surface area contributed by atoms with Crippen LogP contribution in [0.25, 0.3) is 11.1 Å². The van der Waals surface area contributed by atoms with Crippen LogP contribution in [0.5, 0.6) is 0 Å². The zero-order valence-electron chi connectivity index (χ0n) is 10.8. The minimum atomic E-state index is -0.348. The molecule has 1 fully saturated rings. The maximum Gasteiger partial charge on any atom is 0.419 e. The van der Waals surface area contributed by atoms with Crippen LogP contribution in [0.3, 0.4) is 0 Å². The number of fused-ring (bicyclic) bond motifs is 1. The average Bonchev–Trinajstić information content (AvgIpc) is 2.74. The van der Waals surface area contributed by atoms with Crippen molar-refractivity contribution in [3.8, 4) is 0 Å². The van der Waals surface area contributed by atoms with Crippen molar-refractivity contribution in [1.29, 1.82) is 0 Å². The molecule has 2 heterocycles. The van der Waals surface area contributed by atoms with Gasteiger partial charge in [0.2, 0.25) is 0 Å². The van der Waals surface area contributed by atoms with Crippen molar-refractivity contribution in [2.45, 2.75) is 18.2 Å². The fraction of sp³-hybridized carbons (Fsp3) is 0.500. The highest BCUT2D eigenvalue weighted by molar-refractivity contribution is 6.21. The smallest absolute Gasteiger partial charge is 0.408 e. The molecule has 1 aliphatic rings. The van der Waals surface area contributed by atoms with Gasteiger partial charge in [0, 0.05) is 19.6 Å². The molecule has 0 saturated carbocycles. The van der Waals surface area contributed by atoms with E-state index in [9.17, 15) is 4.79 Å². The summed E-state index contributed by atoms with van der Waals surface area (Å²) in [6, 6.07) is 5.71. The van der Waals surface area contributed by atoms with Crippen molar-refractivity contribution in [3.05, 3.63) is 34.3 Å². The lowest BCUT2D eigenvalue weighted by Crippen LogP contribution is -2.21. The Balaban J connectivity index is 1.94. The van der Waals surface area contributed by atoms with Gasteiger partial charge >= 0.3 is 5.76 Å². The largest absolute Gasteiger partial charge is 0.419 e. The van der Waals surface area contributed by atoms with E-state index in [1.807, 2.05) is 18.2 Å². The van der Waals surface area contributed by atoms with Gasteiger partial charge in [-0.1, -0.05) is 6.07 Å². The van der Waals surface area contributed by atoms with Gasteiger partial charge in [0.15, 0.2) is 5.58 Å². The summed E-state index contributed by atoms with van der Waals surface area (Å²) in [5.74, 6) is -0.0254. The maximum atomic E-state index is 11.5. The van der Waals surface area contributed by atoms with Gasteiger partial charge in [0.1, 0.15) is 0 Å². The Morgan fingerprint density at radius 1 is 1.47 bits per heavy atom. The van der Waals surface area contributed by atoms with E-state index < -0.39 is 0 Å². The van der Waals surface area contributed by atoms with Crippen LogP contribution in [0.4, 0.5) is 0 Å². The number of hydrogen-bond acceptors (Lipinski definition) is 3. The highest BCUT2D eigenvalue weighted by Crippen LogP contribution is 2.35. The summed E-state index contributed by atoms with van der Waals surface area (Å²) in [7, 11) is 1.70. The fourth-order valence-corrected chi connectivity index (χ4v) is 2.93. The number of aryl methyl sites for hydroxylation is 1. The van der Waals surface area contributed by atoms with E-state index in [1.54, 1.807) is 7.05 Å². The van der Waals surface area contributed by atoms with Crippen LogP contribution in [0.2, 0.25) is 0 Å². The molecule has 0 amide bonds. The van der Waals surface area contributed by atoms with E-state index in [1.165, 1.54) is 4.57 Å². The molecule has 1 aliphatic heterocycles. The standard InChI is InChI=1S/C14H16ClNO3/c1-16-11-5-4-9(7-12(11)19-14(16)17)13(15)10-3-2-6-18-8-10/h4-5,7,10,13H,2-3,6,8H2,1H3. The van der Waals surface area contributed by atoms with Gasteiger partial charge < -0.3 is 9.15 Å². The van der Waals surface area contributed by atoms with E-state index in [0.717, 1.165) is 30.5 Å². The molecule has 5 heteroatoms. The first-order valence-electron chi connectivity index (χ1n) is 6.48. The second kappa shape index (κ2) is 5.02. The molecule has 2 aromatic rings. The van der Waals surface area contributed by atoms with Crippen molar-refractivity contribution in [2.75, 3.05) is 13.2 Å². The monoisotopic (exact) mass is 281 g/mol. The number of alkyl halides is 1. The zero-order valence-corrected chi connectivity index (χ0v) is 11.5. The molecule has 4 nitrogen and oxygen atoms in total. The van der Waals surface area contributed by atoms with Gasteiger partial charge in [-0.05, 0) is 30.5 Å². The molecule has 19 heavy (non-hydrogen) atoms. The average molecular weight is 282 g/mol. The molecule has 0 N–H and O–H groups in total. The lowest BCUT2D eigenvalue weighted by atomic mass is 9.93. The summed E-state index contributed by atoms with van der Waals surface area (Å²) in [6.45, 7) is 1.53. The molecule has 0 spiro atoms. The van der Waals surface area contributed by atoms with Gasteiger partial charge in [-0.25, -0.2) is 4.79 Å². The summed E-state index contributed by atoms with van der Waals surface area (Å²) in [5.41, 5.74) is 2.36. The van der Waals surface area contributed by atoms with Gasteiger partial charge in [0.25, 0.3) is 0 Å². The highest BCUT2D eigenvalue weighted by atomic mass is 35.5. The third-order valence-electron chi connectivity index (χ3n) is 3.74. The molecular formula is C14H16ClNO3. The normalized spacial score (nSPS) is 21.7. The zero-order chi connectivity index (χ0) is 13.4. The number of aromatic nitrogens is 1. The molecule has 1 aromatic heterocycles. The van der Waals surface area contributed by atoms with Gasteiger partial charge in [-0.3, -0.25) is 4.57 Å². The Morgan fingerprint density at radius 2 is 2.32 bits per heavy atom. The number of ether oxygens (including phenoxy) is 1. The van der Waals surface area contributed by atoms with E-state index in [2.05, 4.69) is 0 Å². The first-order chi connectivity index (χ1) is 9.16. The van der Waals surface area contributed by atoms with Crippen LogP contribution < -0.4 is 5.76 Å². The second-order valence-electron chi connectivity index (χ2n) is 5.03. The van der Waals surface area contributed by atoms with Gasteiger partial charge in [0.05, 0.1) is 17.5 Å². The highest BCUT2D eigenvalue weighted by Gasteiger charge is 2.24. The van der Waals surface area contributed by atoms with E-state index in [0.29, 0.717) is 18.1 Å². The molecule has 3 rings (SSSR count). The van der Waals surface area contributed by atoms with Gasteiger partial charge in [-0.2, -0.15) is 0 Å². The van der Waals surface area contributed by atoms with Crippen LogP contribution >= 0.6 is 11.6 Å². The molecule has 0 radical (unpaired) electrons. The Labute approximate surface area is 115 Å². The van der Waals surface area contributed by atoms with Crippen LogP contribution in [-0.4, -0.2) is 17.8 Å². The lowest BCUT2D eigenvalue weighted by Gasteiger charge is -2.26. The summed E-state index contributed by atoms with van der Waals surface area (Å²) < 4.78 is 12.2. The second-order valence-corrected chi connectivity index (χ2v) is 5.50. The number of halogens is 1. The minimum absolute atomic E-state index is 0.102. The Kier molecular flexibility index (Phi) is 3.37. The van der Waals surface area contributed by atoms with Crippen molar-refractivity contribution < 1.29 is 9.15 Å². The minimum Gasteiger partial charge on any atom is -0.408 e. The Bertz CT molecular complexity index is 640. The summed E-state index contributed by atoms with van der Waals surface area (Å²) in [6.07, 6.45) is 2.13. The lowest BCUT2D eigenvalue weighted by molar-refractivity contribution is 0.0531. The van der Waals surface area contributed by atoms with Crippen LogP contribution in [0.1, 0.15) is 23.8 Å². The van der Waals surface area contributed by atoms with Crippen LogP contribution in [-0.2, 0) is 11.8 Å². The van der Waals surface area contributed by atoms with Crippen LogP contribution in [0.15, 0.2) is 27.4 Å². The van der Waals surface area contributed by atoms with Crippen LogP contribution in [0, 0.1) is 5.92 Å². The maximum absolute atomic E-state index is 11.5. The number of nitrogens with zero attached hydrogens (tertiary/aromatic N) is 1. The third kappa shape index (κ3) is 2.30. The molecule has 102 valence electrons. The third-order valence-corrected chi connectivity index (χ3v) is 4.35. The first-order valence-corrected chi connectivity index (χ1v) is 6.92. The van der Waals surface area contributed by atoms with E-state index in [4.69, 9.17) is 20.8 Å². The van der Waals surface area contributed by atoms with Crippen molar-refractivity contribution in [2.24, 2.45) is 13.0 Å². The van der Waals surface area contributed by atoms with Crippen molar-refractivity contribution in [3.63, 3.8) is 0 Å². The fourth-order valence-electron chi connectivity index (χ4n) is 2.59. The molecular weight excluding hydrogens is 266 g/mol.